The van der Waals surface area contributed by atoms with Crippen molar-refractivity contribution in [3.05, 3.63) is 46.0 Å². The second kappa shape index (κ2) is 9.78. The molecule has 0 aromatic carbocycles. The van der Waals surface area contributed by atoms with Crippen LogP contribution in [0.4, 0.5) is 0 Å². The number of rotatable bonds is 7. The molecule has 0 saturated heterocycles. The van der Waals surface area contributed by atoms with Crippen molar-refractivity contribution < 1.29 is 14.3 Å². The van der Waals surface area contributed by atoms with Crippen LogP contribution in [-0.4, -0.2) is 30.1 Å². The van der Waals surface area contributed by atoms with Crippen LogP contribution in [0.3, 0.4) is 0 Å². The summed E-state index contributed by atoms with van der Waals surface area (Å²) >= 11 is 1.54. The lowest BCUT2D eigenvalue weighted by atomic mass is 9.99. The van der Waals surface area contributed by atoms with Crippen LogP contribution in [0.1, 0.15) is 35.7 Å². The number of aliphatic imine (C=N–C) groups is 1. The molecule has 2 heterocycles. The van der Waals surface area contributed by atoms with Crippen LogP contribution in [0.15, 0.2) is 38.4 Å². The highest BCUT2D eigenvalue weighted by Gasteiger charge is 2.23. The number of nitrogens with zero attached hydrogens (tertiary/aromatic N) is 1. The smallest absolute Gasteiger partial charge is 0.284 e. The molecule has 2 rings (SSSR count). The lowest BCUT2D eigenvalue weighted by Crippen LogP contribution is -2.44. The Morgan fingerprint density at radius 1 is 1.40 bits per heavy atom. The van der Waals surface area contributed by atoms with Gasteiger partial charge in [0.15, 0.2) is 11.7 Å². The van der Waals surface area contributed by atoms with E-state index >= 15 is 0 Å². The molecule has 0 fully saturated rings. The number of carbonyl (C=O) groups excluding carboxylic acids is 1. The van der Waals surface area contributed by atoms with Gasteiger partial charge in [0.2, 0.25) is 0 Å². The number of nitrogens with one attached hydrogen (secondary N) is 2. The molecule has 0 aliphatic carbocycles. The number of primary amides is 1. The normalized spacial score (nSPS) is 13.6. The number of hydrogen-bond donors (Lipinski definition) is 4. The van der Waals surface area contributed by atoms with E-state index in [1.807, 2.05) is 23.8 Å². The van der Waals surface area contributed by atoms with Crippen LogP contribution in [0, 0.1) is 0 Å². The van der Waals surface area contributed by atoms with E-state index in [4.69, 9.17) is 10.2 Å². The SMILES string of the molecule is CCNC(=NCc1ccc(C(N)=O)o1)NCC(C)(O)c1ccsc1.I. The molecule has 1 atom stereocenters. The molecular weight excluding hydrogens is 455 g/mol. The topological polar surface area (TPSA) is 113 Å². The number of amides is 1. The maximum atomic E-state index is 11.0. The number of nitrogens with two attached hydrogens (primary N) is 1. The van der Waals surface area contributed by atoms with Gasteiger partial charge in [-0.05, 0) is 48.4 Å². The van der Waals surface area contributed by atoms with E-state index in [1.54, 1.807) is 13.0 Å². The fraction of sp³-hybridized carbons (Fsp3) is 0.375. The highest BCUT2D eigenvalue weighted by atomic mass is 127. The summed E-state index contributed by atoms with van der Waals surface area (Å²) in [4.78, 5) is 15.4. The Balaban J connectivity index is 0.00000312. The number of carbonyl (C=O) groups is 1. The van der Waals surface area contributed by atoms with Crippen molar-refractivity contribution in [2.24, 2.45) is 10.7 Å². The summed E-state index contributed by atoms with van der Waals surface area (Å²) < 4.78 is 5.29. The Hall–Kier alpha value is -1.59. The van der Waals surface area contributed by atoms with Gasteiger partial charge >= 0.3 is 0 Å². The molecule has 2 aromatic heterocycles. The van der Waals surface area contributed by atoms with E-state index in [0.29, 0.717) is 24.8 Å². The molecule has 5 N–H and O–H groups in total. The van der Waals surface area contributed by atoms with Crippen LogP contribution in [0.25, 0.3) is 0 Å². The van der Waals surface area contributed by atoms with Crippen LogP contribution >= 0.6 is 35.3 Å². The first-order chi connectivity index (χ1) is 11.4. The van der Waals surface area contributed by atoms with E-state index in [0.717, 1.165) is 5.56 Å². The van der Waals surface area contributed by atoms with Gasteiger partial charge in [-0.1, -0.05) is 0 Å². The predicted molar refractivity (Wildman–Crippen MR) is 109 cm³/mol. The van der Waals surface area contributed by atoms with Crippen LogP contribution in [-0.2, 0) is 12.1 Å². The number of halogens is 1. The van der Waals surface area contributed by atoms with Gasteiger partial charge in [-0.2, -0.15) is 11.3 Å². The molecule has 0 bridgehead atoms. The Morgan fingerprint density at radius 2 is 2.16 bits per heavy atom. The minimum Gasteiger partial charge on any atom is -0.454 e. The summed E-state index contributed by atoms with van der Waals surface area (Å²) in [5.41, 5.74) is 5.01. The molecule has 25 heavy (non-hydrogen) atoms. The molecular formula is C16H23IN4O3S. The third kappa shape index (κ3) is 6.33. The van der Waals surface area contributed by atoms with Crippen molar-refractivity contribution in [2.75, 3.05) is 13.1 Å². The van der Waals surface area contributed by atoms with Crippen molar-refractivity contribution >= 4 is 47.2 Å². The third-order valence-electron chi connectivity index (χ3n) is 3.38. The quantitative estimate of drug-likeness (QED) is 0.276. The molecule has 9 heteroatoms. The fourth-order valence-corrected chi connectivity index (χ4v) is 2.81. The molecule has 0 saturated carbocycles. The maximum absolute atomic E-state index is 11.0. The molecule has 1 unspecified atom stereocenters. The lowest BCUT2D eigenvalue weighted by molar-refractivity contribution is 0.0621. The van der Waals surface area contributed by atoms with E-state index in [1.165, 1.54) is 17.4 Å². The minimum absolute atomic E-state index is 0. The monoisotopic (exact) mass is 478 g/mol. The van der Waals surface area contributed by atoms with Gasteiger partial charge in [0.05, 0.1) is 6.54 Å². The fourth-order valence-electron chi connectivity index (χ4n) is 2.02. The largest absolute Gasteiger partial charge is 0.454 e. The van der Waals surface area contributed by atoms with E-state index in [9.17, 15) is 9.90 Å². The predicted octanol–water partition coefficient (Wildman–Crippen LogP) is 2.02. The van der Waals surface area contributed by atoms with Crippen molar-refractivity contribution in [2.45, 2.75) is 26.0 Å². The first-order valence-electron chi connectivity index (χ1n) is 7.58. The zero-order valence-corrected chi connectivity index (χ0v) is 17.3. The van der Waals surface area contributed by atoms with Crippen LogP contribution < -0.4 is 16.4 Å². The zero-order valence-electron chi connectivity index (χ0n) is 14.1. The Labute approximate surface area is 167 Å². The molecule has 0 aliphatic rings. The summed E-state index contributed by atoms with van der Waals surface area (Å²) in [5.74, 6) is 0.580. The summed E-state index contributed by atoms with van der Waals surface area (Å²) in [6.45, 7) is 4.93. The Bertz CT molecular complexity index is 698. The van der Waals surface area contributed by atoms with Gasteiger partial charge in [-0.15, -0.1) is 24.0 Å². The van der Waals surface area contributed by atoms with Crippen molar-refractivity contribution in [1.29, 1.82) is 0 Å². The zero-order chi connectivity index (χ0) is 17.6. The summed E-state index contributed by atoms with van der Waals surface area (Å²) in [6, 6.07) is 5.08. The second-order valence-electron chi connectivity index (χ2n) is 5.46. The van der Waals surface area contributed by atoms with Gasteiger partial charge in [0, 0.05) is 6.54 Å². The van der Waals surface area contributed by atoms with Gasteiger partial charge in [-0.25, -0.2) is 4.99 Å². The molecule has 7 nitrogen and oxygen atoms in total. The highest BCUT2D eigenvalue weighted by Crippen LogP contribution is 2.21. The summed E-state index contributed by atoms with van der Waals surface area (Å²) in [6.07, 6.45) is 0. The Morgan fingerprint density at radius 3 is 2.72 bits per heavy atom. The number of guanidine groups is 1. The average molecular weight is 478 g/mol. The van der Waals surface area contributed by atoms with Gasteiger partial charge in [0.25, 0.3) is 5.91 Å². The highest BCUT2D eigenvalue weighted by molar-refractivity contribution is 14.0. The van der Waals surface area contributed by atoms with Crippen LogP contribution in [0.2, 0.25) is 0 Å². The lowest BCUT2D eigenvalue weighted by Gasteiger charge is -2.24. The van der Waals surface area contributed by atoms with Gasteiger partial charge in [0.1, 0.15) is 17.9 Å². The number of thiophene rings is 1. The first kappa shape index (κ1) is 21.5. The molecule has 0 spiro atoms. The molecule has 2 aromatic rings. The number of hydrogen-bond acceptors (Lipinski definition) is 5. The number of aliphatic hydroxyl groups is 1. The van der Waals surface area contributed by atoms with Crippen molar-refractivity contribution in [3.8, 4) is 0 Å². The van der Waals surface area contributed by atoms with Gasteiger partial charge in [-0.3, -0.25) is 4.79 Å². The molecule has 0 radical (unpaired) electrons. The third-order valence-corrected chi connectivity index (χ3v) is 4.07. The summed E-state index contributed by atoms with van der Waals surface area (Å²) in [7, 11) is 0. The van der Waals surface area contributed by atoms with Crippen LogP contribution in [0.5, 0.6) is 0 Å². The average Bonchev–Trinajstić information content (AvgIpc) is 3.21. The second-order valence-corrected chi connectivity index (χ2v) is 6.24. The first-order valence-corrected chi connectivity index (χ1v) is 8.52. The van der Waals surface area contributed by atoms with Crippen molar-refractivity contribution in [3.63, 3.8) is 0 Å². The standard InChI is InChI=1S/C16H22N4O3S.HI/c1-3-18-15(19-8-12-4-5-13(23-12)14(17)21)20-10-16(2,22)11-6-7-24-9-11;/h4-7,9,22H,3,8,10H2,1-2H3,(H2,17,21)(H2,18,19,20);1H. The molecule has 138 valence electrons. The van der Waals surface area contributed by atoms with Gasteiger partial charge < -0.3 is 25.9 Å². The summed E-state index contributed by atoms with van der Waals surface area (Å²) in [5, 5.41) is 20.6. The molecule has 1 amide bonds. The maximum Gasteiger partial charge on any atom is 0.284 e. The number of furan rings is 1. The van der Waals surface area contributed by atoms with E-state index in [2.05, 4.69) is 15.6 Å². The molecule has 0 aliphatic heterocycles. The van der Waals surface area contributed by atoms with E-state index in [-0.39, 0.29) is 36.3 Å². The van der Waals surface area contributed by atoms with E-state index < -0.39 is 11.5 Å². The van der Waals surface area contributed by atoms with Crippen molar-refractivity contribution in [1.82, 2.24) is 10.6 Å². The minimum atomic E-state index is -1.000. The Kier molecular flexibility index (Phi) is 8.39.